The second-order valence-corrected chi connectivity index (χ2v) is 5.50. The number of nitrogens with zero attached hydrogens (tertiary/aromatic N) is 2. The third-order valence-corrected chi connectivity index (χ3v) is 3.97. The van der Waals surface area contributed by atoms with Crippen LogP contribution in [0.2, 0.25) is 0 Å². The van der Waals surface area contributed by atoms with E-state index in [0.29, 0.717) is 0 Å². The summed E-state index contributed by atoms with van der Waals surface area (Å²) in [4.78, 5) is 16.3. The number of carbonyl (C=O) groups excluding carboxylic acids is 1. The predicted molar refractivity (Wildman–Crippen MR) is 94.2 cm³/mol. The molecule has 1 saturated heterocycles. The van der Waals surface area contributed by atoms with E-state index in [0.717, 1.165) is 31.7 Å². The van der Waals surface area contributed by atoms with Crippen LogP contribution < -0.4 is 10.2 Å². The average Bonchev–Trinajstić information content (AvgIpc) is 2.63. The molecule has 2 aromatic carbocycles. The Balaban J connectivity index is 1.48. The van der Waals surface area contributed by atoms with E-state index in [2.05, 4.69) is 22.3 Å². The van der Waals surface area contributed by atoms with Crippen molar-refractivity contribution in [3.63, 3.8) is 0 Å². The summed E-state index contributed by atoms with van der Waals surface area (Å²) in [7, 11) is 0. The zero-order chi connectivity index (χ0) is 15.9. The Bertz CT molecular complexity index is 647. The maximum atomic E-state index is 12.2. The van der Waals surface area contributed by atoms with Crippen LogP contribution in [0.3, 0.4) is 0 Å². The molecule has 1 N–H and O–H groups in total. The van der Waals surface area contributed by atoms with Crippen molar-refractivity contribution < 1.29 is 4.79 Å². The van der Waals surface area contributed by atoms with E-state index in [4.69, 9.17) is 0 Å². The van der Waals surface area contributed by atoms with Crippen LogP contribution in [0.4, 0.5) is 10.5 Å². The van der Waals surface area contributed by atoms with Crippen molar-refractivity contribution in [2.75, 3.05) is 31.1 Å². The van der Waals surface area contributed by atoms with Crippen LogP contribution in [0, 0.1) is 0 Å². The average molecular weight is 307 g/mol. The van der Waals surface area contributed by atoms with Gasteiger partial charge in [0.15, 0.2) is 0 Å². The molecule has 0 radical (unpaired) electrons. The lowest BCUT2D eigenvalue weighted by atomic mass is 10.2. The highest BCUT2D eigenvalue weighted by atomic mass is 16.2. The van der Waals surface area contributed by atoms with Gasteiger partial charge in [0.1, 0.15) is 0 Å². The number of carbonyl (C=O) groups is 1. The summed E-state index contributed by atoms with van der Waals surface area (Å²) in [5.74, 6) is 0. The molecule has 1 aliphatic rings. The lowest BCUT2D eigenvalue weighted by Crippen LogP contribution is -2.51. The molecule has 4 heteroatoms. The van der Waals surface area contributed by atoms with Crippen molar-refractivity contribution in [1.29, 1.82) is 0 Å². The minimum Gasteiger partial charge on any atom is -0.368 e. The molecular weight excluding hydrogens is 286 g/mol. The zero-order valence-corrected chi connectivity index (χ0v) is 13.1. The fourth-order valence-electron chi connectivity index (χ4n) is 2.67. The highest BCUT2D eigenvalue weighted by Gasteiger charge is 2.20. The molecule has 4 nitrogen and oxygen atoms in total. The molecule has 3 rings (SSSR count). The quantitative estimate of drug-likeness (QED) is 0.945. The summed E-state index contributed by atoms with van der Waals surface area (Å²) in [5, 5.41) is 2.84. The van der Waals surface area contributed by atoms with Crippen molar-refractivity contribution in [2.24, 2.45) is 0 Å². The third kappa shape index (κ3) is 4.13. The SMILES string of the molecule is O=C(N/C=C/c1ccccc1)N1CCN(c2ccccc2)CC1. The van der Waals surface area contributed by atoms with Crippen molar-refractivity contribution >= 4 is 17.8 Å². The minimum atomic E-state index is -0.0371. The van der Waals surface area contributed by atoms with Gasteiger partial charge in [-0.1, -0.05) is 48.5 Å². The van der Waals surface area contributed by atoms with E-state index in [-0.39, 0.29) is 6.03 Å². The van der Waals surface area contributed by atoms with Gasteiger partial charge in [-0.05, 0) is 23.8 Å². The summed E-state index contributed by atoms with van der Waals surface area (Å²) in [6.45, 7) is 3.19. The Hall–Kier alpha value is -2.75. The van der Waals surface area contributed by atoms with Crippen molar-refractivity contribution in [2.45, 2.75) is 0 Å². The maximum absolute atomic E-state index is 12.2. The van der Waals surface area contributed by atoms with Gasteiger partial charge in [-0.15, -0.1) is 0 Å². The Labute approximate surface area is 137 Å². The first kappa shape index (κ1) is 15.2. The molecular formula is C19H21N3O. The van der Waals surface area contributed by atoms with Crippen LogP contribution in [-0.2, 0) is 0 Å². The number of nitrogens with one attached hydrogen (secondary N) is 1. The number of amides is 2. The van der Waals surface area contributed by atoms with Gasteiger partial charge < -0.3 is 15.1 Å². The molecule has 1 fully saturated rings. The lowest BCUT2D eigenvalue weighted by Gasteiger charge is -2.35. The van der Waals surface area contributed by atoms with Crippen LogP contribution in [0.5, 0.6) is 0 Å². The van der Waals surface area contributed by atoms with Gasteiger partial charge in [0.25, 0.3) is 0 Å². The van der Waals surface area contributed by atoms with Gasteiger partial charge in [-0.25, -0.2) is 4.79 Å². The predicted octanol–water partition coefficient (Wildman–Crippen LogP) is 3.19. The molecule has 0 atom stereocenters. The highest BCUT2D eigenvalue weighted by molar-refractivity contribution is 5.76. The molecule has 0 saturated carbocycles. The maximum Gasteiger partial charge on any atom is 0.321 e. The summed E-state index contributed by atoms with van der Waals surface area (Å²) in [6.07, 6.45) is 3.61. The highest BCUT2D eigenvalue weighted by Crippen LogP contribution is 2.15. The first-order chi connectivity index (χ1) is 11.3. The van der Waals surface area contributed by atoms with Gasteiger partial charge in [-0.3, -0.25) is 0 Å². The number of hydrogen-bond acceptors (Lipinski definition) is 2. The van der Waals surface area contributed by atoms with Crippen molar-refractivity contribution in [1.82, 2.24) is 10.2 Å². The normalized spacial score (nSPS) is 15.0. The van der Waals surface area contributed by atoms with E-state index in [1.165, 1.54) is 5.69 Å². The van der Waals surface area contributed by atoms with Gasteiger partial charge in [0.2, 0.25) is 0 Å². The summed E-state index contributed by atoms with van der Waals surface area (Å²) in [5.41, 5.74) is 2.29. The van der Waals surface area contributed by atoms with Crippen molar-refractivity contribution in [3.8, 4) is 0 Å². The number of piperazine rings is 1. The largest absolute Gasteiger partial charge is 0.368 e. The standard InChI is InChI=1S/C19H21N3O/c23-19(20-12-11-17-7-3-1-4-8-17)22-15-13-21(14-16-22)18-9-5-2-6-10-18/h1-12H,13-16H2,(H,20,23)/b12-11+. The molecule has 2 amide bonds. The third-order valence-electron chi connectivity index (χ3n) is 3.97. The Morgan fingerprint density at radius 1 is 0.870 bits per heavy atom. The summed E-state index contributed by atoms with van der Waals surface area (Å²) >= 11 is 0. The first-order valence-electron chi connectivity index (χ1n) is 7.90. The van der Waals surface area contributed by atoms with E-state index >= 15 is 0 Å². The molecule has 1 heterocycles. The second kappa shape index (κ2) is 7.49. The smallest absolute Gasteiger partial charge is 0.321 e. The Morgan fingerprint density at radius 3 is 2.13 bits per heavy atom. The molecule has 2 aromatic rings. The van der Waals surface area contributed by atoms with Gasteiger partial charge in [0.05, 0.1) is 0 Å². The molecule has 23 heavy (non-hydrogen) atoms. The van der Waals surface area contributed by atoms with Crippen molar-refractivity contribution in [3.05, 3.63) is 72.4 Å². The summed E-state index contributed by atoms with van der Waals surface area (Å²) in [6, 6.07) is 20.2. The van der Waals surface area contributed by atoms with E-state index in [1.54, 1.807) is 6.20 Å². The fraction of sp³-hybridized carbons (Fsp3) is 0.211. The molecule has 0 aliphatic carbocycles. The second-order valence-electron chi connectivity index (χ2n) is 5.50. The lowest BCUT2D eigenvalue weighted by molar-refractivity contribution is 0.198. The molecule has 0 spiro atoms. The molecule has 1 aliphatic heterocycles. The van der Waals surface area contributed by atoms with Gasteiger partial charge in [-0.2, -0.15) is 0 Å². The van der Waals surface area contributed by atoms with E-state index in [1.807, 2.05) is 59.5 Å². The van der Waals surface area contributed by atoms with Crippen LogP contribution >= 0.6 is 0 Å². The van der Waals surface area contributed by atoms with E-state index < -0.39 is 0 Å². The van der Waals surface area contributed by atoms with E-state index in [9.17, 15) is 4.79 Å². The number of benzene rings is 2. The van der Waals surface area contributed by atoms with Gasteiger partial charge in [0, 0.05) is 38.1 Å². The molecule has 0 aromatic heterocycles. The number of anilines is 1. The number of para-hydroxylation sites is 1. The zero-order valence-electron chi connectivity index (χ0n) is 13.1. The monoisotopic (exact) mass is 307 g/mol. The fourth-order valence-corrected chi connectivity index (χ4v) is 2.67. The minimum absolute atomic E-state index is 0.0371. The van der Waals surface area contributed by atoms with Crippen LogP contribution in [0.1, 0.15) is 5.56 Å². The topological polar surface area (TPSA) is 35.6 Å². The van der Waals surface area contributed by atoms with Crippen LogP contribution in [0.25, 0.3) is 6.08 Å². The van der Waals surface area contributed by atoms with Gasteiger partial charge >= 0.3 is 6.03 Å². The Morgan fingerprint density at radius 2 is 1.48 bits per heavy atom. The number of rotatable bonds is 3. The molecule has 0 bridgehead atoms. The van der Waals surface area contributed by atoms with Crippen LogP contribution in [-0.4, -0.2) is 37.1 Å². The molecule has 0 unspecified atom stereocenters. The van der Waals surface area contributed by atoms with Crippen LogP contribution in [0.15, 0.2) is 66.9 Å². The molecule has 118 valence electrons. The Kier molecular flexibility index (Phi) is 4.94. The number of urea groups is 1. The summed E-state index contributed by atoms with van der Waals surface area (Å²) < 4.78 is 0. The number of hydrogen-bond donors (Lipinski definition) is 1. The first-order valence-corrected chi connectivity index (χ1v) is 7.90.